The van der Waals surface area contributed by atoms with E-state index in [-0.39, 0.29) is 0 Å². The van der Waals surface area contributed by atoms with Crippen LogP contribution in [-0.2, 0) is 13.0 Å². The largest absolute Gasteiger partial charge is 0.305 e. The average molecular weight is 253 g/mol. The maximum absolute atomic E-state index is 2.34. The van der Waals surface area contributed by atoms with E-state index in [1.165, 1.54) is 27.8 Å². The molecule has 1 heteroatoms. The lowest BCUT2D eigenvalue weighted by molar-refractivity contribution is 0.403. The van der Waals surface area contributed by atoms with Crippen molar-refractivity contribution in [2.75, 3.05) is 14.1 Å². The molecule has 0 bridgehead atoms. The predicted molar refractivity (Wildman–Crippen MR) is 83.4 cm³/mol. The standard InChI is InChI=1S/C18H23N/c1-5-15-12-16(11-10-14(15)2)18-9-7-6-8-17(18)13-19(3)4/h6-12H,5,13H2,1-4H3. The van der Waals surface area contributed by atoms with Crippen molar-refractivity contribution in [2.24, 2.45) is 0 Å². The predicted octanol–water partition coefficient (Wildman–Crippen LogP) is 4.29. The van der Waals surface area contributed by atoms with Crippen LogP contribution in [-0.4, -0.2) is 19.0 Å². The van der Waals surface area contributed by atoms with Gasteiger partial charge in [-0.3, -0.25) is 0 Å². The fourth-order valence-electron chi connectivity index (χ4n) is 2.50. The van der Waals surface area contributed by atoms with Gasteiger partial charge in [0.15, 0.2) is 0 Å². The summed E-state index contributed by atoms with van der Waals surface area (Å²) in [6.45, 7) is 5.39. The highest BCUT2D eigenvalue weighted by atomic mass is 15.0. The highest BCUT2D eigenvalue weighted by Gasteiger charge is 2.07. The third kappa shape index (κ3) is 3.24. The van der Waals surface area contributed by atoms with Crippen molar-refractivity contribution in [1.82, 2.24) is 4.90 Å². The molecule has 0 aliphatic heterocycles. The third-order valence-electron chi connectivity index (χ3n) is 3.54. The summed E-state index contributed by atoms with van der Waals surface area (Å²) in [7, 11) is 4.23. The van der Waals surface area contributed by atoms with Gasteiger partial charge < -0.3 is 4.90 Å². The van der Waals surface area contributed by atoms with Crippen LogP contribution in [0.15, 0.2) is 42.5 Å². The molecule has 0 fully saturated rings. The molecule has 0 aromatic heterocycles. The first-order valence-electron chi connectivity index (χ1n) is 6.94. The first kappa shape index (κ1) is 13.8. The molecule has 0 amide bonds. The summed E-state index contributed by atoms with van der Waals surface area (Å²) in [6.07, 6.45) is 1.09. The monoisotopic (exact) mass is 253 g/mol. The Bertz CT molecular complexity index is 555. The molecule has 2 aromatic carbocycles. The Balaban J connectivity index is 2.46. The Morgan fingerprint density at radius 1 is 0.947 bits per heavy atom. The quantitative estimate of drug-likeness (QED) is 0.786. The Kier molecular flexibility index (Phi) is 4.39. The van der Waals surface area contributed by atoms with Gasteiger partial charge in [-0.25, -0.2) is 0 Å². The molecule has 100 valence electrons. The van der Waals surface area contributed by atoms with Gasteiger partial charge in [-0.05, 0) is 55.3 Å². The van der Waals surface area contributed by atoms with Gasteiger partial charge in [-0.1, -0.05) is 49.4 Å². The van der Waals surface area contributed by atoms with Crippen molar-refractivity contribution in [3.8, 4) is 11.1 Å². The number of hydrogen-bond donors (Lipinski definition) is 0. The van der Waals surface area contributed by atoms with Gasteiger partial charge in [0, 0.05) is 6.54 Å². The molecule has 2 rings (SSSR count). The molecule has 0 aliphatic carbocycles. The van der Waals surface area contributed by atoms with Crippen LogP contribution in [0.2, 0.25) is 0 Å². The van der Waals surface area contributed by atoms with Crippen LogP contribution in [0, 0.1) is 6.92 Å². The van der Waals surface area contributed by atoms with Crippen molar-refractivity contribution in [3.63, 3.8) is 0 Å². The second-order valence-electron chi connectivity index (χ2n) is 5.39. The summed E-state index contributed by atoms with van der Waals surface area (Å²) in [6, 6.07) is 15.5. The molecule has 0 saturated carbocycles. The molecule has 0 spiro atoms. The van der Waals surface area contributed by atoms with E-state index < -0.39 is 0 Å². The summed E-state index contributed by atoms with van der Waals surface area (Å²) in [5.74, 6) is 0. The van der Waals surface area contributed by atoms with Crippen molar-refractivity contribution in [1.29, 1.82) is 0 Å². The van der Waals surface area contributed by atoms with Gasteiger partial charge in [0.05, 0.1) is 0 Å². The fourth-order valence-corrected chi connectivity index (χ4v) is 2.50. The average Bonchev–Trinajstić information content (AvgIpc) is 2.39. The molecule has 1 nitrogen and oxygen atoms in total. The Morgan fingerprint density at radius 2 is 1.68 bits per heavy atom. The molecule has 19 heavy (non-hydrogen) atoms. The van der Waals surface area contributed by atoms with Crippen LogP contribution in [0.1, 0.15) is 23.6 Å². The van der Waals surface area contributed by atoms with Crippen LogP contribution in [0.3, 0.4) is 0 Å². The van der Waals surface area contributed by atoms with Gasteiger partial charge in [0.1, 0.15) is 0 Å². The van der Waals surface area contributed by atoms with Crippen LogP contribution in [0.4, 0.5) is 0 Å². The number of hydrogen-bond acceptors (Lipinski definition) is 1. The van der Waals surface area contributed by atoms with Gasteiger partial charge >= 0.3 is 0 Å². The summed E-state index contributed by atoms with van der Waals surface area (Å²) in [5.41, 5.74) is 6.90. The third-order valence-corrected chi connectivity index (χ3v) is 3.54. The summed E-state index contributed by atoms with van der Waals surface area (Å²) in [5, 5.41) is 0. The second-order valence-corrected chi connectivity index (χ2v) is 5.39. The zero-order valence-electron chi connectivity index (χ0n) is 12.4. The van der Waals surface area contributed by atoms with E-state index in [1.807, 2.05) is 0 Å². The zero-order chi connectivity index (χ0) is 13.8. The zero-order valence-corrected chi connectivity index (χ0v) is 12.4. The van der Waals surface area contributed by atoms with E-state index in [1.54, 1.807) is 0 Å². The van der Waals surface area contributed by atoms with Crippen molar-refractivity contribution in [3.05, 3.63) is 59.2 Å². The summed E-state index contributed by atoms with van der Waals surface area (Å²) >= 11 is 0. The van der Waals surface area contributed by atoms with E-state index in [9.17, 15) is 0 Å². The maximum Gasteiger partial charge on any atom is 0.0233 e. The number of benzene rings is 2. The first-order chi connectivity index (χ1) is 9.11. The Hall–Kier alpha value is -1.60. The molecule has 0 unspecified atom stereocenters. The Labute approximate surface area is 116 Å². The molecule has 0 saturated heterocycles. The molecule has 0 radical (unpaired) electrons. The summed E-state index contributed by atoms with van der Waals surface area (Å²) in [4.78, 5) is 2.22. The molecule has 2 aromatic rings. The number of nitrogens with zero attached hydrogens (tertiary/aromatic N) is 1. The van der Waals surface area contributed by atoms with Crippen LogP contribution in [0.5, 0.6) is 0 Å². The van der Waals surface area contributed by atoms with Gasteiger partial charge in [0.25, 0.3) is 0 Å². The van der Waals surface area contributed by atoms with E-state index in [0.717, 1.165) is 13.0 Å². The number of aryl methyl sites for hydroxylation is 2. The minimum Gasteiger partial charge on any atom is -0.305 e. The van der Waals surface area contributed by atoms with E-state index in [4.69, 9.17) is 0 Å². The number of rotatable bonds is 4. The maximum atomic E-state index is 2.34. The van der Waals surface area contributed by atoms with Crippen LogP contribution < -0.4 is 0 Å². The Morgan fingerprint density at radius 3 is 2.37 bits per heavy atom. The second kappa shape index (κ2) is 6.03. The van der Waals surface area contributed by atoms with Gasteiger partial charge in [-0.15, -0.1) is 0 Å². The van der Waals surface area contributed by atoms with Crippen LogP contribution >= 0.6 is 0 Å². The van der Waals surface area contributed by atoms with E-state index in [0.29, 0.717) is 0 Å². The summed E-state index contributed by atoms with van der Waals surface area (Å²) < 4.78 is 0. The molecule has 0 aliphatic rings. The first-order valence-corrected chi connectivity index (χ1v) is 6.94. The molecule has 0 atom stereocenters. The molecular formula is C18H23N. The molecule has 0 heterocycles. The van der Waals surface area contributed by atoms with Crippen molar-refractivity contribution in [2.45, 2.75) is 26.8 Å². The highest BCUT2D eigenvalue weighted by Crippen LogP contribution is 2.26. The smallest absolute Gasteiger partial charge is 0.0233 e. The topological polar surface area (TPSA) is 3.24 Å². The van der Waals surface area contributed by atoms with Crippen LogP contribution in [0.25, 0.3) is 11.1 Å². The lowest BCUT2D eigenvalue weighted by Crippen LogP contribution is -2.11. The highest BCUT2D eigenvalue weighted by molar-refractivity contribution is 5.68. The molecular weight excluding hydrogens is 230 g/mol. The van der Waals surface area contributed by atoms with Crippen molar-refractivity contribution < 1.29 is 0 Å². The van der Waals surface area contributed by atoms with E-state index >= 15 is 0 Å². The van der Waals surface area contributed by atoms with Gasteiger partial charge in [-0.2, -0.15) is 0 Å². The fraction of sp³-hybridized carbons (Fsp3) is 0.333. The molecule has 0 N–H and O–H groups in total. The minimum atomic E-state index is 0.978. The van der Waals surface area contributed by atoms with Gasteiger partial charge in [0.2, 0.25) is 0 Å². The SMILES string of the molecule is CCc1cc(-c2ccccc2CN(C)C)ccc1C. The normalized spacial score (nSPS) is 11.0. The lowest BCUT2D eigenvalue weighted by Gasteiger charge is -2.15. The van der Waals surface area contributed by atoms with Crippen molar-refractivity contribution >= 4 is 0 Å². The minimum absolute atomic E-state index is 0.978. The van der Waals surface area contributed by atoms with E-state index in [2.05, 4.69) is 75.3 Å². The lowest BCUT2D eigenvalue weighted by atomic mass is 9.95.